The van der Waals surface area contributed by atoms with E-state index in [1.165, 1.54) is 14.0 Å². The third-order valence-corrected chi connectivity index (χ3v) is 11.3. The minimum atomic E-state index is -1.59. The average molecular weight is 751 g/mol. The lowest BCUT2D eigenvalue weighted by Crippen LogP contribution is -2.60. The van der Waals surface area contributed by atoms with Gasteiger partial charge in [0.2, 0.25) is 0 Å². The number of aliphatic hydroxyl groups excluding tert-OH is 4. The second-order valence-corrected chi connectivity index (χ2v) is 16.5. The molecule has 14 heteroatoms. The van der Waals surface area contributed by atoms with Crippen molar-refractivity contribution in [1.82, 2.24) is 10.2 Å². The predicted molar refractivity (Wildman–Crippen MR) is 196 cm³/mol. The highest BCUT2D eigenvalue weighted by molar-refractivity contribution is 5.73. The van der Waals surface area contributed by atoms with Gasteiger partial charge in [-0.15, -0.1) is 0 Å². The molecule has 0 bridgehead atoms. The van der Waals surface area contributed by atoms with Crippen molar-refractivity contribution in [3.8, 4) is 0 Å². The Bertz CT molecular complexity index is 1070. The molecule has 0 aliphatic carbocycles. The number of esters is 1. The molecule has 2 aliphatic heterocycles. The minimum Gasteiger partial charge on any atom is -0.462 e. The second-order valence-electron chi connectivity index (χ2n) is 16.5. The van der Waals surface area contributed by atoms with Crippen LogP contribution in [0.5, 0.6) is 0 Å². The van der Waals surface area contributed by atoms with Gasteiger partial charge in [0.25, 0.3) is 0 Å². The van der Waals surface area contributed by atoms with Crippen LogP contribution in [-0.2, 0) is 33.2 Å². The summed E-state index contributed by atoms with van der Waals surface area (Å²) in [6.07, 6.45) is -7.50. The molecule has 2 saturated heterocycles. The first-order valence-electron chi connectivity index (χ1n) is 19.2. The maximum absolute atomic E-state index is 13.7. The van der Waals surface area contributed by atoms with Crippen LogP contribution in [0.25, 0.3) is 0 Å². The van der Waals surface area contributed by atoms with Gasteiger partial charge in [0, 0.05) is 38.1 Å². The van der Waals surface area contributed by atoms with E-state index in [0.717, 1.165) is 0 Å². The van der Waals surface area contributed by atoms with Crippen molar-refractivity contribution in [2.75, 3.05) is 27.7 Å². The second kappa shape index (κ2) is 20.2. The number of hydrogen-bond donors (Lipinski definition) is 6. The number of rotatable bonds is 20. The molecule has 2 aliphatic rings. The molecule has 2 rings (SSSR count). The number of hydrogen-bond acceptors (Lipinski definition) is 14. The van der Waals surface area contributed by atoms with Crippen molar-refractivity contribution in [1.29, 1.82) is 0 Å². The number of ether oxygens (including phenoxy) is 6. The van der Waals surface area contributed by atoms with Crippen molar-refractivity contribution >= 4 is 5.97 Å². The van der Waals surface area contributed by atoms with Crippen LogP contribution in [0.15, 0.2) is 0 Å². The molecule has 14 nitrogen and oxygen atoms in total. The summed E-state index contributed by atoms with van der Waals surface area (Å²) >= 11 is 0. The van der Waals surface area contributed by atoms with Gasteiger partial charge in [0.1, 0.15) is 12.2 Å². The summed E-state index contributed by atoms with van der Waals surface area (Å²) in [5.74, 6) is -2.32. The number of carbonyl (C=O) groups excluding carboxylic acids is 1. The zero-order chi connectivity index (χ0) is 39.9. The summed E-state index contributed by atoms with van der Waals surface area (Å²) in [6, 6.07) is -0.565. The van der Waals surface area contributed by atoms with Crippen LogP contribution in [0.4, 0.5) is 0 Å². The molecule has 52 heavy (non-hydrogen) atoms. The molecular formula is C38H74N2O12. The topological polar surface area (TPSA) is 189 Å². The lowest BCUT2D eigenvalue weighted by molar-refractivity contribution is -0.317. The smallest absolute Gasteiger partial charge is 0.311 e. The normalized spacial score (nSPS) is 35.0. The fourth-order valence-corrected chi connectivity index (χ4v) is 7.59. The molecule has 18 atom stereocenters. The van der Waals surface area contributed by atoms with Gasteiger partial charge in [-0.2, -0.15) is 0 Å². The highest BCUT2D eigenvalue weighted by atomic mass is 16.7. The molecule has 0 aromatic heterocycles. The summed E-state index contributed by atoms with van der Waals surface area (Å²) in [4.78, 5) is 15.6. The van der Waals surface area contributed by atoms with E-state index in [0.29, 0.717) is 19.4 Å². The summed E-state index contributed by atoms with van der Waals surface area (Å²) in [5, 5.41) is 58.4. The number of nitrogens with one attached hydrogen (secondary N) is 1. The van der Waals surface area contributed by atoms with Gasteiger partial charge in [0.05, 0.1) is 59.8 Å². The molecule has 308 valence electrons. The molecule has 2 heterocycles. The lowest BCUT2D eigenvalue weighted by atomic mass is 9.78. The molecule has 0 radical (unpaired) electrons. The molecule has 0 amide bonds. The number of carbonyl (C=O) groups is 1. The molecule has 0 aromatic carbocycles. The predicted octanol–water partition coefficient (Wildman–Crippen LogP) is 2.19. The first kappa shape index (κ1) is 47.1. The first-order valence-corrected chi connectivity index (χ1v) is 19.2. The Morgan fingerprint density at radius 3 is 2.21 bits per heavy atom. The van der Waals surface area contributed by atoms with Crippen LogP contribution in [0.1, 0.15) is 102 Å². The van der Waals surface area contributed by atoms with Crippen LogP contribution >= 0.6 is 0 Å². The van der Waals surface area contributed by atoms with Crippen molar-refractivity contribution in [3.63, 3.8) is 0 Å². The van der Waals surface area contributed by atoms with E-state index < -0.39 is 84.3 Å². The zero-order valence-corrected chi connectivity index (χ0v) is 34.3. The summed E-state index contributed by atoms with van der Waals surface area (Å²) in [5.41, 5.74) is -2.58. The van der Waals surface area contributed by atoms with Gasteiger partial charge in [-0.05, 0) is 94.7 Å². The third-order valence-electron chi connectivity index (χ3n) is 11.3. The van der Waals surface area contributed by atoms with Crippen LogP contribution in [-0.4, -0.2) is 155 Å². The van der Waals surface area contributed by atoms with Gasteiger partial charge in [0.15, 0.2) is 12.6 Å². The Balaban J connectivity index is 2.57. The fourth-order valence-electron chi connectivity index (χ4n) is 7.59. The largest absolute Gasteiger partial charge is 0.462 e. The van der Waals surface area contributed by atoms with Gasteiger partial charge in [-0.3, -0.25) is 4.79 Å². The Morgan fingerprint density at radius 1 is 1.06 bits per heavy atom. The van der Waals surface area contributed by atoms with E-state index in [2.05, 4.69) is 5.32 Å². The van der Waals surface area contributed by atoms with E-state index in [9.17, 15) is 30.3 Å². The van der Waals surface area contributed by atoms with Crippen LogP contribution in [0.3, 0.4) is 0 Å². The number of aliphatic hydroxyl groups is 5. The molecule has 0 aromatic rings. The van der Waals surface area contributed by atoms with Gasteiger partial charge in [-0.25, -0.2) is 0 Å². The van der Waals surface area contributed by atoms with Crippen molar-refractivity contribution in [2.45, 2.75) is 193 Å². The Labute approximate surface area is 312 Å². The molecular weight excluding hydrogens is 676 g/mol. The number of methoxy groups -OCH3 is 1. The molecule has 1 unspecified atom stereocenters. The monoisotopic (exact) mass is 751 g/mol. The minimum absolute atomic E-state index is 0.164. The highest BCUT2D eigenvalue weighted by Crippen LogP contribution is 2.39. The number of nitrogens with zero attached hydrogens (tertiary/aromatic N) is 1. The number of likely N-dealkylation sites (N-methyl/N-ethyl adjacent to an activating group) is 1. The third kappa shape index (κ3) is 12.5. The van der Waals surface area contributed by atoms with Crippen molar-refractivity contribution in [3.05, 3.63) is 0 Å². The molecule has 0 spiro atoms. The Morgan fingerprint density at radius 2 is 1.67 bits per heavy atom. The molecule has 0 saturated carbocycles. The van der Waals surface area contributed by atoms with Crippen LogP contribution in [0.2, 0.25) is 0 Å². The van der Waals surface area contributed by atoms with Gasteiger partial charge < -0.3 is 64.2 Å². The van der Waals surface area contributed by atoms with E-state index in [1.807, 2.05) is 60.5 Å². The van der Waals surface area contributed by atoms with Gasteiger partial charge in [-0.1, -0.05) is 20.8 Å². The maximum Gasteiger partial charge on any atom is 0.311 e. The summed E-state index contributed by atoms with van der Waals surface area (Å²) < 4.78 is 37.2. The van der Waals surface area contributed by atoms with Crippen molar-refractivity contribution < 1.29 is 58.7 Å². The molecule has 2 fully saturated rings. The Hall–Kier alpha value is -1.01. The first-order chi connectivity index (χ1) is 24.0. The van der Waals surface area contributed by atoms with E-state index >= 15 is 0 Å². The SMILES string of the molecule is CC[C@H](C)OC(=O)[C@H](C)[C@@H](O[C@H]1C[C@@](C)(OC)[C@@H](O)[C@H](C)O1)[C@H](C)[C@@H](O[C@@H]1O[C@H](C)C[C@H](N(C)C)[C@H]1O)[C@@](C)(O)C[C@@H](C)NC[C@H](C)[C@@H](O)C(C)O. The lowest BCUT2D eigenvalue weighted by Gasteiger charge is -2.48. The Kier molecular flexibility index (Phi) is 18.4. The van der Waals surface area contributed by atoms with E-state index in [-0.39, 0.29) is 43.1 Å². The van der Waals surface area contributed by atoms with Crippen LogP contribution < -0.4 is 5.32 Å². The summed E-state index contributed by atoms with van der Waals surface area (Å²) in [6.45, 7) is 20.0. The van der Waals surface area contributed by atoms with Gasteiger partial charge >= 0.3 is 5.97 Å². The zero-order valence-electron chi connectivity index (χ0n) is 34.3. The fraction of sp³-hybridized carbons (Fsp3) is 0.974. The summed E-state index contributed by atoms with van der Waals surface area (Å²) in [7, 11) is 5.28. The quantitative estimate of drug-likeness (QED) is 0.0994. The van der Waals surface area contributed by atoms with E-state index in [1.54, 1.807) is 27.7 Å². The highest BCUT2D eigenvalue weighted by Gasteiger charge is 2.51. The van der Waals surface area contributed by atoms with Crippen molar-refractivity contribution in [2.24, 2.45) is 17.8 Å². The van der Waals surface area contributed by atoms with E-state index in [4.69, 9.17) is 28.4 Å². The van der Waals surface area contributed by atoms with Crippen LogP contribution in [0, 0.1) is 17.8 Å². The molecule has 6 N–H and O–H groups in total. The maximum atomic E-state index is 13.7. The average Bonchev–Trinajstić information content (AvgIpc) is 3.06. The standard InChI is InChI=1S/C38H74N2O12/c1-15-22(4)48-35(45)25(7)32(51-29-18-38(11,47-14)33(44)27(9)50-29)24(6)34(52-36-31(43)28(40(12)13)16-23(5)49-36)37(10,46)17-21(3)39-19-20(2)30(42)26(8)41/h20-34,36,39,41-44,46H,15-19H2,1-14H3/t20-,21+,22-,23+,24-,25+,26?,27-,28-,29-,30+,31+,32-,33-,34+,36-,37-,38+/m0/s1.